The van der Waals surface area contributed by atoms with Crippen LogP contribution in [-0.4, -0.2) is 30.4 Å². The van der Waals surface area contributed by atoms with Gasteiger partial charge < -0.3 is 19.8 Å². The van der Waals surface area contributed by atoms with Crippen molar-refractivity contribution < 1.29 is 13.9 Å². The minimum Gasteiger partial charge on any atom is -0.494 e. The highest BCUT2D eigenvalue weighted by molar-refractivity contribution is 5.80. The zero-order chi connectivity index (χ0) is 14.5. The number of methoxy groups -OCH3 is 2. The van der Waals surface area contributed by atoms with Crippen LogP contribution in [0.1, 0.15) is 19.3 Å². The minimum atomic E-state index is -0.426. The Kier molecular flexibility index (Phi) is 4.79. The van der Waals surface area contributed by atoms with E-state index >= 15 is 0 Å². The van der Waals surface area contributed by atoms with Gasteiger partial charge in [-0.2, -0.15) is 0 Å². The molecule has 0 aliphatic carbocycles. The smallest absolute Gasteiger partial charge is 0.201 e. The van der Waals surface area contributed by atoms with Crippen LogP contribution < -0.4 is 10.5 Å². The van der Waals surface area contributed by atoms with Crippen molar-refractivity contribution in [3.63, 3.8) is 0 Å². The van der Waals surface area contributed by atoms with Crippen LogP contribution in [0.3, 0.4) is 0 Å². The van der Waals surface area contributed by atoms with Gasteiger partial charge in [0.2, 0.25) is 5.95 Å². The topological polar surface area (TPSA) is 62.3 Å². The van der Waals surface area contributed by atoms with Crippen LogP contribution in [-0.2, 0) is 11.3 Å². The first-order valence-corrected chi connectivity index (χ1v) is 6.65. The number of nitrogens with two attached hydrogens (primary N) is 1. The number of hydrogen-bond acceptors (Lipinski definition) is 4. The normalized spacial score (nSPS) is 11.2. The van der Waals surface area contributed by atoms with Crippen LogP contribution >= 0.6 is 0 Å². The monoisotopic (exact) mass is 281 g/mol. The highest BCUT2D eigenvalue weighted by Gasteiger charge is 2.12. The summed E-state index contributed by atoms with van der Waals surface area (Å²) < 4.78 is 25.5. The van der Waals surface area contributed by atoms with Gasteiger partial charge in [0.25, 0.3) is 0 Å². The molecule has 1 aromatic heterocycles. The SMILES string of the molecule is COCCCCCn1c(N)nc2cc(F)c(OC)cc21. The van der Waals surface area contributed by atoms with Crippen LogP contribution in [0.5, 0.6) is 5.75 Å². The van der Waals surface area contributed by atoms with Crippen molar-refractivity contribution in [1.29, 1.82) is 0 Å². The van der Waals surface area contributed by atoms with Gasteiger partial charge in [-0.15, -0.1) is 0 Å². The number of anilines is 1. The van der Waals surface area contributed by atoms with E-state index in [0.717, 1.165) is 37.9 Å². The second-order valence-corrected chi connectivity index (χ2v) is 4.65. The van der Waals surface area contributed by atoms with Gasteiger partial charge in [-0.25, -0.2) is 9.37 Å². The molecule has 0 fully saturated rings. The fraction of sp³-hybridized carbons (Fsp3) is 0.500. The summed E-state index contributed by atoms with van der Waals surface area (Å²) in [5.41, 5.74) is 7.25. The summed E-state index contributed by atoms with van der Waals surface area (Å²) >= 11 is 0. The maximum atomic E-state index is 13.6. The average molecular weight is 281 g/mol. The number of unbranched alkanes of at least 4 members (excludes halogenated alkanes) is 2. The zero-order valence-electron chi connectivity index (χ0n) is 11.9. The number of fused-ring (bicyclic) bond motifs is 1. The lowest BCUT2D eigenvalue weighted by Gasteiger charge is -2.07. The number of imidazole rings is 1. The molecule has 0 atom stereocenters. The van der Waals surface area contributed by atoms with E-state index in [9.17, 15) is 4.39 Å². The summed E-state index contributed by atoms with van der Waals surface area (Å²) in [4.78, 5) is 4.18. The molecule has 6 heteroatoms. The second-order valence-electron chi connectivity index (χ2n) is 4.65. The van der Waals surface area contributed by atoms with Crippen LogP contribution in [0.2, 0.25) is 0 Å². The van der Waals surface area contributed by atoms with E-state index in [1.165, 1.54) is 13.2 Å². The molecule has 0 amide bonds. The molecule has 0 saturated heterocycles. The van der Waals surface area contributed by atoms with Crippen molar-refractivity contribution in [3.8, 4) is 5.75 Å². The Morgan fingerprint density at radius 1 is 1.25 bits per heavy atom. The van der Waals surface area contributed by atoms with Gasteiger partial charge in [-0.05, 0) is 19.3 Å². The molecule has 0 saturated carbocycles. The molecular weight excluding hydrogens is 261 g/mol. The van der Waals surface area contributed by atoms with E-state index in [-0.39, 0.29) is 5.75 Å². The third kappa shape index (κ3) is 3.01. The maximum absolute atomic E-state index is 13.6. The number of nitrogen functional groups attached to an aromatic ring is 1. The third-order valence-corrected chi connectivity index (χ3v) is 3.28. The number of nitrogens with zero attached hydrogens (tertiary/aromatic N) is 2. The van der Waals surface area contributed by atoms with E-state index in [1.807, 2.05) is 4.57 Å². The summed E-state index contributed by atoms with van der Waals surface area (Å²) in [6.07, 6.45) is 3.03. The minimum absolute atomic E-state index is 0.207. The predicted molar refractivity (Wildman–Crippen MR) is 76.4 cm³/mol. The van der Waals surface area contributed by atoms with Gasteiger partial charge in [0.05, 0.1) is 18.1 Å². The predicted octanol–water partition coefficient (Wildman–Crippen LogP) is 2.58. The second kappa shape index (κ2) is 6.56. The summed E-state index contributed by atoms with van der Waals surface area (Å²) in [7, 11) is 3.14. The molecule has 0 spiro atoms. The molecule has 0 radical (unpaired) electrons. The van der Waals surface area contributed by atoms with Crippen molar-refractivity contribution in [2.45, 2.75) is 25.8 Å². The molecule has 0 bridgehead atoms. The van der Waals surface area contributed by atoms with Crippen molar-refractivity contribution in [2.75, 3.05) is 26.6 Å². The van der Waals surface area contributed by atoms with Gasteiger partial charge >= 0.3 is 0 Å². The number of aromatic nitrogens is 2. The fourth-order valence-electron chi connectivity index (χ4n) is 2.23. The van der Waals surface area contributed by atoms with Crippen LogP contribution in [0.15, 0.2) is 12.1 Å². The van der Waals surface area contributed by atoms with Crippen molar-refractivity contribution in [2.24, 2.45) is 0 Å². The quantitative estimate of drug-likeness (QED) is 0.792. The van der Waals surface area contributed by atoms with Crippen LogP contribution in [0.4, 0.5) is 10.3 Å². The first kappa shape index (κ1) is 14.6. The molecule has 0 aliphatic heterocycles. The van der Waals surface area contributed by atoms with Gasteiger partial charge in [0.15, 0.2) is 11.6 Å². The lowest BCUT2D eigenvalue weighted by molar-refractivity contribution is 0.191. The van der Waals surface area contributed by atoms with Crippen molar-refractivity contribution in [1.82, 2.24) is 9.55 Å². The molecule has 0 unspecified atom stereocenters. The summed E-state index contributed by atoms with van der Waals surface area (Å²) in [6, 6.07) is 3.00. The highest BCUT2D eigenvalue weighted by atomic mass is 19.1. The van der Waals surface area contributed by atoms with Gasteiger partial charge in [0.1, 0.15) is 0 Å². The molecule has 1 aromatic carbocycles. The Bertz CT molecular complexity index is 583. The van der Waals surface area contributed by atoms with E-state index in [4.69, 9.17) is 15.2 Å². The number of ether oxygens (including phenoxy) is 2. The number of aryl methyl sites for hydroxylation is 1. The van der Waals surface area contributed by atoms with Gasteiger partial charge in [0, 0.05) is 32.4 Å². The molecule has 5 nitrogen and oxygen atoms in total. The standard InChI is InChI=1S/C14H20FN3O2/c1-19-7-5-3-4-6-18-12-9-13(20-2)10(15)8-11(12)17-14(18)16/h8-9H,3-7H2,1-2H3,(H2,16,17). The molecule has 0 aliphatic rings. The number of rotatable bonds is 7. The Hall–Kier alpha value is -1.82. The van der Waals surface area contributed by atoms with Crippen LogP contribution in [0.25, 0.3) is 11.0 Å². The van der Waals surface area contributed by atoms with Gasteiger partial charge in [-0.3, -0.25) is 0 Å². The molecule has 2 rings (SSSR count). The Morgan fingerprint density at radius 2 is 2.05 bits per heavy atom. The lowest BCUT2D eigenvalue weighted by Crippen LogP contribution is -2.04. The Labute approximate surface area is 117 Å². The van der Waals surface area contributed by atoms with Gasteiger partial charge in [-0.1, -0.05) is 0 Å². The maximum Gasteiger partial charge on any atom is 0.201 e. The average Bonchev–Trinajstić information content (AvgIpc) is 2.72. The number of benzene rings is 1. The summed E-state index contributed by atoms with van der Waals surface area (Å²) in [5.74, 6) is 0.183. The van der Waals surface area contributed by atoms with Crippen molar-refractivity contribution >= 4 is 17.0 Å². The zero-order valence-corrected chi connectivity index (χ0v) is 11.9. The third-order valence-electron chi connectivity index (χ3n) is 3.28. The Balaban J connectivity index is 2.17. The number of halogens is 1. The molecule has 2 aromatic rings. The van der Waals surface area contributed by atoms with Crippen LogP contribution in [0, 0.1) is 5.82 Å². The Morgan fingerprint density at radius 3 is 2.75 bits per heavy atom. The summed E-state index contributed by atoms with van der Waals surface area (Å²) in [5, 5.41) is 0. The number of hydrogen-bond donors (Lipinski definition) is 1. The van der Waals surface area contributed by atoms with Crippen molar-refractivity contribution in [3.05, 3.63) is 17.9 Å². The largest absolute Gasteiger partial charge is 0.494 e. The van der Waals surface area contributed by atoms with E-state index < -0.39 is 5.82 Å². The fourth-order valence-corrected chi connectivity index (χ4v) is 2.23. The molecule has 110 valence electrons. The van der Waals surface area contributed by atoms with E-state index in [2.05, 4.69) is 4.98 Å². The molecule has 2 N–H and O–H groups in total. The first-order valence-electron chi connectivity index (χ1n) is 6.65. The highest BCUT2D eigenvalue weighted by Crippen LogP contribution is 2.26. The lowest BCUT2D eigenvalue weighted by atomic mass is 10.2. The molecular formula is C14H20FN3O2. The molecule has 1 heterocycles. The van der Waals surface area contributed by atoms with E-state index in [0.29, 0.717) is 11.5 Å². The summed E-state index contributed by atoms with van der Waals surface area (Å²) in [6.45, 7) is 1.51. The van der Waals surface area contributed by atoms with E-state index in [1.54, 1.807) is 13.2 Å². The first-order chi connectivity index (χ1) is 9.67. The molecule has 20 heavy (non-hydrogen) atoms.